The fourth-order valence-electron chi connectivity index (χ4n) is 8.87. The van der Waals surface area contributed by atoms with E-state index < -0.39 is 6.85 Å². The molecule has 2 heterocycles. The molecule has 334 valence electrons. The third-order valence-electron chi connectivity index (χ3n) is 12.3. The molecule has 2 aromatic heterocycles. The van der Waals surface area contributed by atoms with Gasteiger partial charge in [-0.05, 0) is 99.3 Å². The zero-order chi connectivity index (χ0) is 48.1. The third kappa shape index (κ3) is 9.35. The van der Waals surface area contributed by atoms with Crippen molar-refractivity contribution in [3.05, 3.63) is 192 Å². The monoisotopic (exact) mass is 1050 g/mol. The van der Waals surface area contributed by atoms with Crippen molar-refractivity contribution < 1.29 is 30.3 Å². The maximum Gasteiger partial charge on any atom is 0.148 e. The fraction of sp³-hybridized carbons (Fsp3) is 0.213. The van der Waals surface area contributed by atoms with Crippen LogP contribution in [0.25, 0.3) is 83.9 Å². The average Bonchev–Trinajstić information content (AvgIpc) is 3.70. The minimum absolute atomic E-state index is 0. The van der Waals surface area contributed by atoms with Crippen LogP contribution in [0.15, 0.2) is 164 Å². The van der Waals surface area contributed by atoms with Crippen molar-refractivity contribution >= 4 is 11.0 Å². The van der Waals surface area contributed by atoms with Gasteiger partial charge in [0.2, 0.25) is 0 Å². The number of phenols is 1. The van der Waals surface area contributed by atoms with Gasteiger partial charge in [0.05, 0.1) is 16.6 Å². The molecule has 5 heteroatoms. The minimum atomic E-state index is -2.18. The van der Waals surface area contributed by atoms with Gasteiger partial charge in [0.1, 0.15) is 11.6 Å². The Labute approximate surface area is 410 Å². The van der Waals surface area contributed by atoms with Crippen LogP contribution < -0.4 is 0 Å². The molecule has 0 atom stereocenters. The summed E-state index contributed by atoms with van der Waals surface area (Å²) in [6.07, 6.45) is 2.68. The Morgan fingerprint density at radius 3 is 1.97 bits per heavy atom. The Balaban J connectivity index is 0.00000642. The summed E-state index contributed by atoms with van der Waals surface area (Å²) in [5.41, 5.74) is 15.8. The van der Waals surface area contributed by atoms with Crippen molar-refractivity contribution in [2.24, 2.45) is 5.92 Å². The van der Waals surface area contributed by atoms with Gasteiger partial charge >= 0.3 is 0 Å². The summed E-state index contributed by atoms with van der Waals surface area (Å²) in [4.78, 5) is 10.5. The predicted molar refractivity (Wildman–Crippen MR) is 273 cm³/mol. The van der Waals surface area contributed by atoms with Crippen molar-refractivity contribution in [1.82, 2.24) is 14.5 Å². The third-order valence-corrected chi connectivity index (χ3v) is 12.3. The van der Waals surface area contributed by atoms with Gasteiger partial charge in [-0.3, -0.25) is 9.55 Å². The molecular weight excluding hydrogens is 986 g/mol. The van der Waals surface area contributed by atoms with E-state index in [4.69, 9.17) is 14.1 Å². The van der Waals surface area contributed by atoms with E-state index in [0.717, 1.165) is 78.9 Å². The maximum absolute atomic E-state index is 12.5. The maximum atomic E-state index is 12.5. The Morgan fingerprint density at radius 1 is 0.621 bits per heavy atom. The number of fused-ring (bicyclic) bond motifs is 1. The standard InChI is InChI=1S/C61H58N3O.Pt/c1-39(2)31-46-35-50(27-28-51(46)43-19-14-11-15-20-43)64-56-22-16-21-52(57(56)63-59(64)53-37-49(60(4,5)6)38-54(58(53)65)61(7,8)9)47-32-45(41-17-12-10-13-18-41)33-48(34-47)55-36-44(29-30-62-55)42-25-23-40(3)24-26-42;/h10-30,32-33,35-39,65H,31H2,1-9H3;/q-1;/i3D3;. The Bertz CT molecular complexity index is 3290. The molecule has 1 N–H and O–H groups in total. The van der Waals surface area contributed by atoms with Crippen LogP contribution in [-0.2, 0) is 38.3 Å². The van der Waals surface area contributed by atoms with E-state index in [-0.39, 0.29) is 37.6 Å². The van der Waals surface area contributed by atoms with Crippen molar-refractivity contribution in [2.75, 3.05) is 0 Å². The zero-order valence-electron chi connectivity index (χ0n) is 42.0. The van der Waals surface area contributed by atoms with E-state index in [9.17, 15) is 5.11 Å². The molecule has 0 aliphatic heterocycles. The summed E-state index contributed by atoms with van der Waals surface area (Å²) < 4.78 is 25.8. The van der Waals surface area contributed by atoms with Crippen molar-refractivity contribution in [3.63, 3.8) is 0 Å². The van der Waals surface area contributed by atoms with Crippen LogP contribution in [0.2, 0.25) is 0 Å². The molecule has 0 aliphatic rings. The number of benzene rings is 7. The summed E-state index contributed by atoms with van der Waals surface area (Å²) >= 11 is 0. The van der Waals surface area contributed by atoms with E-state index in [2.05, 4.69) is 169 Å². The van der Waals surface area contributed by atoms with E-state index in [1.54, 1.807) is 18.3 Å². The first kappa shape index (κ1) is 42.3. The number of pyridine rings is 1. The van der Waals surface area contributed by atoms with Gasteiger partial charge in [-0.2, -0.15) is 0 Å². The second-order valence-corrected chi connectivity index (χ2v) is 19.7. The second-order valence-electron chi connectivity index (χ2n) is 19.7. The first-order chi connectivity index (χ1) is 32.3. The molecule has 7 aromatic carbocycles. The summed E-state index contributed by atoms with van der Waals surface area (Å²) in [6.45, 7) is 15.4. The molecule has 0 aliphatic carbocycles. The summed E-state index contributed by atoms with van der Waals surface area (Å²) in [5.74, 6) is 1.30. The number of aromatic hydroxyl groups is 1. The molecule has 0 radical (unpaired) electrons. The second kappa shape index (κ2) is 18.5. The normalized spacial score (nSPS) is 12.7. The smallest absolute Gasteiger partial charge is 0.148 e. The molecular formula is C61H58N3OPt-. The Morgan fingerprint density at radius 2 is 1.30 bits per heavy atom. The zero-order valence-corrected chi connectivity index (χ0v) is 41.3. The number of aromatic nitrogens is 3. The van der Waals surface area contributed by atoms with E-state index in [0.29, 0.717) is 22.9 Å². The number of hydrogen-bond donors (Lipinski definition) is 1. The van der Waals surface area contributed by atoms with E-state index >= 15 is 0 Å². The number of hydrogen-bond acceptors (Lipinski definition) is 3. The quantitative estimate of drug-likeness (QED) is 0.147. The predicted octanol–water partition coefficient (Wildman–Crippen LogP) is 16.0. The molecule has 9 aromatic rings. The van der Waals surface area contributed by atoms with Crippen molar-refractivity contribution in [3.8, 4) is 78.6 Å². The molecule has 0 amide bonds. The molecule has 9 rings (SSSR count). The van der Waals surface area contributed by atoms with Gasteiger partial charge in [0.15, 0.2) is 0 Å². The Hall–Kier alpha value is -6.35. The summed E-state index contributed by atoms with van der Waals surface area (Å²) in [7, 11) is 0. The number of imidazole rings is 1. The van der Waals surface area contributed by atoms with Gasteiger partial charge in [-0.25, -0.2) is 4.98 Å². The topological polar surface area (TPSA) is 50.9 Å². The average molecular weight is 1050 g/mol. The van der Waals surface area contributed by atoms with Crippen LogP contribution >= 0.6 is 0 Å². The molecule has 0 saturated carbocycles. The molecule has 4 nitrogen and oxygen atoms in total. The number of aryl methyl sites for hydroxylation is 1. The van der Waals surface area contributed by atoms with Crippen LogP contribution in [0.5, 0.6) is 5.75 Å². The van der Waals surface area contributed by atoms with Gasteiger partial charge in [0, 0.05) is 48.3 Å². The first-order valence-electron chi connectivity index (χ1n) is 24.1. The van der Waals surface area contributed by atoms with Crippen molar-refractivity contribution in [2.45, 2.75) is 79.5 Å². The molecule has 0 unspecified atom stereocenters. The molecule has 0 spiro atoms. The molecule has 0 saturated heterocycles. The van der Waals surface area contributed by atoms with Crippen molar-refractivity contribution in [1.29, 1.82) is 0 Å². The van der Waals surface area contributed by atoms with Gasteiger partial charge < -0.3 is 5.11 Å². The van der Waals surface area contributed by atoms with Crippen LogP contribution in [0, 0.1) is 18.8 Å². The number of nitrogens with zero attached hydrogens (tertiary/aromatic N) is 3. The SMILES string of the molecule is [2H]C([2H])([2H])c1ccc(-c2ccnc(-c3[c-]c(-c4cccc5c4nc(-c4cc(C(C)(C)C)cc(C(C)(C)C)c4O)n5-c4ccc(-c5ccccc5)c(CC(C)C)c4)cc(-c4ccccc4)c3)c2)cc1.[Pt]. The number of rotatable bonds is 9. The van der Waals surface area contributed by atoms with Crippen LogP contribution in [0.1, 0.15) is 81.8 Å². The van der Waals surface area contributed by atoms with Crippen LogP contribution in [0.3, 0.4) is 0 Å². The Kier molecular flexibility index (Phi) is 11.9. The summed E-state index contributed by atoms with van der Waals surface area (Å²) in [6, 6.07) is 57.4. The molecule has 0 fully saturated rings. The van der Waals surface area contributed by atoms with Crippen LogP contribution in [-0.4, -0.2) is 19.6 Å². The molecule has 66 heavy (non-hydrogen) atoms. The fourth-order valence-corrected chi connectivity index (χ4v) is 8.87. The van der Waals surface area contributed by atoms with Gasteiger partial charge in [-0.1, -0.05) is 193 Å². The van der Waals surface area contributed by atoms with E-state index in [1.807, 2.05) is 42.5 Å². The van der Waals surface area contributed by atoms with Gasteiger partial charge in [-0.15, -0.1) is 23.8 Å². The number of para-hydroxylation sites is 1. The number of phenolic OH excluding ortho intramolecular Hbond substituents is 1. The largest absolute Gasteiger partial charge is 0.507 e. The minimum Gasteiger partial charge on any atom is -0.507 e. The first-order valence-corrected chi connectivity index (χ1v) is 22.6. The van der Waals surface area contributed by atoms with Crippen LogP contribution in [0.4, 0.5) is 0 Å². The molecule has 0 bridgehead atoms. The summed E-state index contributed by atoms with van der Waals surface area (Å²) in [5, 5.41) is 12.5. The van der Waals surface area contributed by atoms with Gasteiger partial charge in [0.25, 0.3) is 0 Å². The van der Waals surface area contributed by atoms with E-state index in [1.165, 1.54) is 16.7 Å².